The zero-order chi connectivity index (χ0) is 12.5. The molecular formula is C14H15FN2S. The van der Waals surface area contributed by atoms with Gasteiger partial charge in [0.15, 0.2) is 0 Å². The van der Waals surface area contributed by atoms with Crippen molar-refractivity contribution in [2.24, 2.45) is 5.73 Å². The zero-order valence-electron chi connectivity index (χ0n) is 10.0. The molecule has 1 unspecified atom stereocenters. The first-order valence-electron chi connectivity index (χ1n) is 6.18. The lowest BCUT2D eigenvalue weighted by Crippen LogP contribution is -2.26. The van der Waals surface area contributed by atoms with E-state index in [4.69, 9.17) is 5.73 Å². The Morgan fingerprint density at radius 3 is 2.89 bits per heavy atom. The molecule has 18 heavy (non-hydrogen) atoms. The molecule has 0 spiro atoms. The van der Waals surface area contributed by atoms with Gasteiger partial charge in [-0.1, -0.05) is 12.1 Å². The van der Waals surface area contributed by atoms with Crippen LogP contribution >= 0.6 is 11.3 Å². The molecule has 1 aliphatic carbocycles. The van der Waals surface area contributed by atoms with E-state index in [1.165, 1.54) is 22.7 Å². The minimum Gasteiger partial charge on any atom is -0.327 e. The van der Waals surface area contributed by atoms with Gasteiger partial charge in [0.1, 0.15) is 5.82 Å². The number of thiazole rings is 1. The van der Waals surface area contributed by atoms with E-state index in [-0.39, 0.29) is 11.9 Å². The standard InChI is InChI=1S/C14H15FN2S/c15-10-3-1-9(2-4-10)7-14-17-12-6-5-11(16)8-13(12)18-14/h1-4,11H,5-8,16H2. The Morgan fingerprint density at radius 1 is 1.33 bits per heavy atom. The van der Waals surface area contributed by atoms with Crippen LogP contribution in [0.5, 0.6) is 0 Å². The van der Waals surface area contributed by atoms with Gasteiger partial charge in [-0.3, -0.25) is 0 Å². The molecule has 1 aromatic carbocycles. The number of hydrogen-bond donors (Lipinski definition) is 1. The zero-order valence-corrected chi connectivity index (χ0v) is 10.8. The maximum atomic E-state index is 12.8. The molecule has 2 N–H and O–H groups in total. The lowest BCUT2D eigenvalue weighted by Gasteiger charge is -2.15. The van der Waals surface area contributed by atoms with Crippen molar-refractivity contribution in [2.75, 3.05) is 0 Å². The Hall–Kier alpha value is -1.26. The molecule has 0 radical (unpaired) electrons. The molecule has 1 heterocycles. The number of nitrogens with zero attached hydrogens (tertiary/aromatic N) is 1. The van der Waals surface area contributed by atoms with Gasteiger partial charge in [-0.15, -0.1) is 11.3 Å². The number of aryl methyl sites for hydroxylation is 1. The second-order valence-corrected chi connectivity index (χ2v) is 5.95. The maximum Gasteiger partial charge on any atom is 0.123 e. The van der Waals surface area contributed by atoms with Gasteiger partial charge in [-0.25, -0.2) is 9.37 Å². The average Bonchev–Trinajstić information content (AvgIpc) is 2.73. The van der Waals surface area contributed by atoms with Crippen molar-refractivity contribution in [2.45, 2.75) is 31.7 Å². The second-order valence-electron chi connectivity index (χ2n) is 4.78. The van der Waals surface area contributed by atoms with Crippen LogP contribution in [0.2, 0.25) is 0 Å². The van der Waals surface area contributed by atoms with E-state index < -0.39 is 0 Å². The average molecular weight is 262 g/mol. The van der Waals surface area contributed by atoms with Crippen molar-refractivity contribution >= 4 is 11.3 Å². The molecule has 2 aromatic rings. The molecule has 94 valence electrons. The monoisotopic (exact) mass is 262 g/mol. The highest BCUT2D eigenvalue weighted by Gasteiger charge is 2.19. The van der Waals surface area contributed by atoms with Crippen LogP contribution < -0.4 is 5.73 Å². The molecule has 1 aromatic heterocycles. The normalized spacial score (nSPS) is 18.7. The smallest absolute Gasteiger partial charge is 0.123 e. The summed E-state index contributed by atoms with van der Waals surface area (Å²) in [6, 6.07) is 6.93. The topological polar surface area (TPSA) is 38.9 Å². The first kappa shape index (κ1) is 11.8. The van der Waals surface area contributed by atoms with Crippen LogP contribution in [-0.4, -0.2) is 11.0 Å². The Labute approximate surface area is 110 Å². The number of nitrogens with two attached hydrogens (primary N) is 1. The summed E-state index contributed by atoms with van der Waals surface area (Å²) >= 11 is 1.75. The Balaban J connectivity index is 1.79. The van der Waals surface area contributed by atoms with Gasteiger partial charge in [0.2, 0.25) is 0 Å². The van der Waals surface area contributed by atoms with Crippen LogP contribution in [0.4, 0.5) is 4.39 Å². The number of benzene rings is 1. The number of fused-ring (bicyclic) bond motifs is 1. The minimum atomic E-state index is -0.192. The first-order valence-corrected chi connectivity index (χ1v) is 7.00. The lowest BCUT2D eigenvalue weighted by atomic mass is 9.99. The molecule has 3 rings (SSSR count). The quantitative estimate of drug-likeness (QED) is 0.903. The molecule has 2 nitrogen and oxygen atoms in total. The molecule has 0 amide bonds. The van der Waals surface area contributed by atoms with Crippen molar-refractivity contribution in [3.8, 4) is 0 Å². The Kier molecular flexibility index (Phi) is 3.14. The van der Waals surface area contributed by atoms with Crippen molar-refractivity contribution in [1.29, 1.82) is 0 Å². The summed E-state index contributed by atoms with van der Waals surface area (Å²) in [6.45, 7) is 0. The van der Waals surface area contributed by atoms with Gasteiger partial charge >= 0.3 is 0 Å². The lowest BCUT2D eigenvalue weighted by molar-refractivity contribution is 0.575. The largest absolute Gasteiger partial charge is 0.327 e. The number of hydrogen-bond acceptors (Lipinski definition) is 3. The number of aromatic nitrogens is 1. The molecule has 0 saturated heterocycles. The van der Waals surface area contributed by atoms with Crippen molar-refractivity contribution in [3.63, 3.8) is 0 Å². The fourth-order valence-corrected chi connectivity index (χ4v) is 3.55. The van der Waals surface area contributed by atoms with Gasteiger partial charge in [0, 0.05) is 17.3 Å². The summed E-state index contributed by atoms with van der Waals surface area (Å²) in [5, 5.41) is 1.11. The first-order chi connectivity index (χ1) is 8.70. The predicted octanol–water partition coefficient (Wildman–Crippen LogP) is 2.69. The predicted molar refractivity (Wildman–Crippen MR) is 71.3 cm³/mol. The summed E-state index contributed by atoms with van der Waals surface area (Å²) in [6.07, 6.45) is 3.77. The third kappa shape index (κ3) is 2.44. The molecule has 1 atom stereocenters. The highest BCUT2D eigenvalue weighted by atomic mass is 32.1. The van der Waals surface area contributed by atoms with Crippen LogP contribution in [-0.2, 0) is 19.3 Å². The van der Waals surface area contributed by atoms with Crippen molar-refractivity contribution in [1.82, 2.24) is 4.98 Å². The van der Waals surface area contributed by atoms with Gasteiger partial charge in [0.05, 0.1) is 10.7 Å². The fraction of sp³-hybridized carbons (Fsp3) is 0.357. The fourth-order valence-electron chi connectivity index (χ4n) is 2.31. The molecule has 0 fully saturated rings. The van der Waals surface area contributed by atoms with Gasteiger partial charge in [0.25, 0.3) is 0 Å². The van der Waals surface area contributed by atoms with Crippen molar-refractivity contribution < 1.29 is 4.39 Å². The molecule has 0 saturated carbocycles. The Bertz CT molecular complexity index is 547. The van der Waals surface area contributed by atoms with E-state index in [0.717, 1.165) is 36.3 Å². The SMILES string of the molecule is NC1CCc2nc(Cc3ccc(F)cc3)sc2C1. The van der Waals surface area contributed by atoms with Crippen molar-refractivity contribution in [3.05, 3.63) is 51.2 Å². The third-order valence-corrected chi connectivity index (χ3v) is 4.41. The summed E-state index contributed by atoms with van der Waals surface area (Å²) in [5.41, 5.74) is 8.29. The minimum absolute atomic E-state index is 0.192. The van der Waals surface area contributed by atoms with E-state index in [9.17, 15) is 4.39 Å². The van der Waals surface area contributed by atoms with E-state index in [0.29, 0.717) is 0 Å². The van der Waals surface area contributed by atoms with Crippen LogP contribution in [0, 0.1) is 5.82 Å². The molecule has 4 heteroatoms. The van der Waals surface area contributed by atoms with E-state index in [2.05, 4.69) is 4.98 Å². The van der Waals surface area contributed by atoms with Crippen LogP contribution in [0.3, 0.4) is 0 Å². The highest BCUT2D eigenvalue weighted by molar-refractivity contribution is 7.11. The van der Waals surface area contributed by atoms with Gasteiger partial charge in [-0.2, -0.15) is 0 Å². The third-order valence-electron chi connectivity index (χ3n) is 3.29. The summed E-state index contributed by atoms with van der Waals surface area (Å²) in [5.74, 6) is -0.192. The molecule has 1 aliphatic rings. The Morgan fingerprint density at radius 2 is 2.11 bits per heavy atom. The summed E-state index contributed by atoms with van der Waals surface area (Å²) in [7, 11) is 0. The summed E-state index contributed by atoms with van der Waals surface area (Å²) in [4.78, 5) is 6.01. The van der Waals surface area contributed by atoms with E-state index in [1.807, 2.05) is 12.1 Å². The molecular weight excluding hydrogens is 247 g/mol. The highest BCUT2D eigenvalue weighted by Crippen LogP contribution is 2.27. The van der Waals surface area contributed by atoms with Crippen LogP contribution in [0.1, 0.15) is 27.6 Å². The maximum absolute atomic E-state index is 12.8. The number of halogens is 1. The van der Waals surface area contributed by atoms with Crippen LogP contribution in [0.25, 0.3) is 0 Å². The number of rotatable bonds is 2. The summed E-state index contributed by atoms with van der Waals surface area (Å²) < 4.78 is 12.8. The molecule has 0 bridgehead atoms. The second kappa shape index (κ2) is 4.78. The van der Waals surface area contributed by atoms with Crippen LogP contribution in [0.15, 0.2) is 24.3 Å². The van der Waals surface area contributed by atoms with Gasteiger partial charge < -0.3 is 5.73 Å². The van der Waals surface area contributed by atoms with E-state index >= 15 is 0 Å². The molecule has 0 aliphatic heterocycles. The van der Waals surface area contributed by atoms with Gasteiger partial charge in [-0.05, 0) is 37.0 Å². The van der Waals surface area contributed by atoms with E-state index in [1.54, 1.807) is 11.3 Å².